The first-order valence-corrected chi connectivity index (χ1v) is 10.2. The number of carbonyl (C=O) groups excluding carboxylic acids is 1. The van der Waals surface area contributed by atoms with E-state index in [1.807, 2.05) is 4.90 Å². The van der Waals surface area contributed by atoms with Crippen LogP contribution in [0.1, 0.15) is 49.9 Å². The molecule has 2 aliphatic heterocycles. The van der Waals surface area contributed by atoms with Gasteiger partial charge in [-0.25, -0.2) is 0 Å². The van der Waals surface area contributed by atoms with Gasteiger partial charge in [-0.2, -0.15) is 0 Å². The molecule has 6 heteroatoms. The van der Waals surface area contributed by atoms with Crippen molar-refractivity contribution in [1.82, 2.24) is 4.90 Å². The number of hydrogen-bond donors (Lipinski definition) is 0. The van der Waals surface area contributed by atoms with Crippen LogP contribution in [0.25, 0.3) is 0 Å². The van der Waals surface area contributed by atoms with Crippen LogP contribution in [0.15, 0.2) is 12.1 Å². The lowest BCUT2D eigenvalue weighted by Crippen LogP contribution is -2.35. The summed E-state index contributed by atoms with van der Waals surface area (Å²) in [5.74, 6) is 1.57. The summed E-state index contributed by atoms with van der Waals surface area (Å²) < 4.78 is 16.8. The molecule has 1 spiro atoms. The van der Waals surface area contributed by atoms with Crippen LogP contribution < -0.4 is 9.47 Å². The summed E-state index contributed by atoms with van der Waals surface area (Å²) in [6.45, 7) is 8.02. The Morgan fingerprint density at radius 2 is 2.04 bits per heavy atom. The standard InChI is InChI=1S/C21H30ClNO4/c1-15(2)4-9-27-19-17(22)12-16(13-18(19)25-3)20(24)23-8-5-21(14-23)6-10-26-11-7-21/h12-13,15H,4-11,14H2,1-3H3. The zero-order valence-electron chi connectivity index (χ0n) is 16.6. The smallest absolute Gasteiger partial charge is 0.254 e. The first-order valence-electron chi connectivity index (χ1n) is 9.81. The van der Waals surface area contributed by atoms with Crippen LogP contribution in [-0.4, -0.2) is 50.8 Å². The fourth-order valence-electron chi connectivity index (χ4n) is 3.88. The van der Waals surface area contributed by atoms with Crippen LogP contribution in [0.4, 0.5) is 0 Å². The van der Waals surface area contributed by atoms with Crippen molar-refractivity contribution in [3.05, 3.63) is 22.7 Å². The Bertz CT molecular complexity index is 670. The average molecular weight is 396 g/mol. The molecule has 0 aliphatic carbocycles. The number of nitrogens with zero attached hydrogens (tertiary/aromatic N) is 1. The Morgan fingerprint density at radius 1 is 1.30 bits per heavy atom. The van der Waals surface area contributed by atoms with Crippen molar-refractivity contribution in [2.24, 2.45) is 11.3 Å². The van der Waals surface area contributed by atoms with Crippen molar-refractivity contribution in [2.45, 2.75) is 39.5 Å². The van der Waals surface area contributed by atoms with E-state index in [1.54, 1.807) is 19.2 Å². The monoisotopic (exact) mass is 395 g/mol. The second-order valence-corrected chi connectivity index (χ2v) is 8.52. The van der Waals surface area contributed by atoms with Crippen molar-refractivity contribution in [2.75, 3.05) is 40.0 Å². The van der Waals surface area contributed by atoms with E-state index < -0.39 is 0 Å². The van der Waals surface area contributed by atoms with Crippen LogP contribution in [0.5, 0.6) is 11.5 Å². The Balaban J connectivity index is 1.72. The van der Waals surface area contributed by atoms with Crippen molar-refractivity contribution in [3.8, 4) is 11.5 Å². The fraction of sp³-hybridized carbons (Fsp3) is 0.667. The molecule has 2 saturated heterocycles. The molecule has 0 unspecified atom stereocenters. The van der Waals surface area contributed by atoms with E-state index in [-0.39, 0.29) is 11.3 Å². The lowest BCUT2D eigenvalue weighted by molar-refractivity contribution is 0.0191. The van der Waals surface area contributed by atoms with Crippen molar-refractivity contribution in [1.29, 1.82) is 0 Å². The summed E-state index contributed by atoms with van der Waals surface area (Å²) in [4.78, 5) is 15.0. The van der Waals surface area contributed by atoms with Crippen LogP contribution in [0.3, 0.4) is 0 Å². The van der Waals surface area contributed by atoms with Gasteiger partial charge < -0.3 is 19.1 Å². The molecule has 0 bridgehead atoms. The number of likely N-dealkylation sites (tertiary alicyclic amines) is 1. The predicted molar refractivity (Wildman–Crippen MR) is 106 cm³/mol. The minimum Gasteiger partial charge on any atom is -0.493 e. The van der Waals surface area contributed by atoms with Gasteiger partial charge in [0.05, 0.1) is 18.7 Å². The van der Waals surface area contributed by atoms with Crippen molar-refractivity contribution >= 4 is 17.5 Å². The van der Waals surface area contributed by atoms with Gasteiger partial charge in [0.1, 0.15) is 0 Å². The molecule has 0 saturated carbocycles. The van der Waals surface area contributed by atoms with E-state index in [1.165, 1.54) is 0 Å². The van der Waals surface area contributed by atoms with Crippen molar-refractivity contribution in [3.63, 3.8) is 0 Å². The molecule has 150 valence electrons. The number of carbonyl (C=O) groups is 1. The summed E-state index contributed by atoms with van der Waals surface area (Å²) in [5.41, 5.74) is 0.777. The highest BCUT2D eigenvalue weighted by Gasteiger charge is 2.41. The van der Waals surface area contributed by atoms with Crippen LogP contribution in [0, 0.1) is 11.3 Å². The topological polar surface area (TPSA) is 48.0 Å². The molecule has 0 N–H and O–H groups in total. The maximum atomic E-state index is 13.0. The number of benzene rings is 1. The highest BCUT2D eigenvalue weighted by atomic mass is 35.5. The summed E-state index contributed by atoms with van der Waals surface area (Å²) in [6.07, 6.45) is 4.04. The average Bonchev–Trinajstić information content (AvgIpc) is 3.05. The highest BCUT2D eigenvalue weighted by Crippen LogP contribution is 2.41. The summed E-state index contributed by atoms with van der Waals surface area (Å²) in [7, 11) is 1.57. The Morgan fingerprint density at radius 3 is 2.70 bits per heavy atom. The molecule has 0 atom stereocenters. The van der Waals surface area contributed by atoms with Gasteiger partial charge in [-0.3, -0.25) is 4.79 Å². The molecule has 2 aliphatic rings. The maximum absolute atomic E-state index is 13.0. The van der Waals surface area contributed by atoms with E-state index in [9.17, 15) is 4.79 Å². The number of halogens is 1. The molecule has 5 nitrogen and oxygen atoms in total. The predicted octanol–water partition coefficient (Wildman–Crippen LogP) is 4.42. The van der Waals surface area contributed by atoms with Gasteiger partial charge >= 0.3 is 0 Å². The molecule has 1 aromatic carbocycles. The SMILES string of the molecule is COc1cc(C(=O)N2CCC3(CCOCC3)C2)cc(Cl)c1OCCC(C)C. The fourth-order valence-corrected chi connectivity index (χ4v) is 4.15. The second-order valence-electron chi connectivity index (χ2n) is 8.11. The van der Waals surface area contributed by atoms with Gasteiger partial charge in [0.2, 0.25) is 0 Å². The number of methoxy groups -OCH3 is 1. The number of ether oxygens (including phenoxy) is 3. The second kappa shape index (κ2) is 8.70. The third kappa shape index (κ3) is 4.69. The Kier molecular flexibility index (Phi) is 6.53. The minimum atomic E-state index is 0.00676. The molecule has 1 aromatic rings. The van der Waals surface area contributed by atoms with Gasteiger partial charge in [0.25, 0.3) is 5.91 Å². The summed E-state index contributed by atoms with van der Waals surface area (Å²) in [5, 5.41) is 0.418. The first-order chi connectivity index (χ1) is 12.9. The molecule has 2 fully saturated rings. The van der Waals surface area contributed by atoms with Gasteiger partial charge in [-0.05, 0) is 49.1 Å². The van der Waals surface area contributed by atoms with E-state index in [4.69, 9.17) is 25.8 Å². The molecular formula is C21H30ClNO4. The lowest BCUT2D eigenvalue weighted by atomic mass is 9.80. The van der Waals surface area contributed by atoms with E-state index in [0.717, 1.165) is 52.0 Å². The van der Waals surface area contributed by atoms with Gasteiger partial charge in [-0.1, -0.05) is 25.4 Å². The summed E-state index contributed by atoms with van der Waals surface area (Å²) in [6, 6.07) is 3.44. The van der Waals surface area contributed by atoms with Gasteiger partial charge in [0, 0.05) is 31.9 Å². The lowest BCUT2D eigenvalue weighted by Gasteiger charge is -2.33. The molecule has 2 heterocycles. The number of rotatable bonds is 6. The van der Waals surface area contributed by atoms with Crippen LogP contribution in [0.2, 0.25) is 5.02 Å². The minimum absolute atomic E-state index is 0.00676. The first kappa shape index (κ1) is 20.3. The van der Waals surface area contributed by atoms with E-state index in [2.05, 4.69) is 13.8 Å². The molecule has 0 radical (unpaired) electrons. The molecule has 0 aromatic heterocycles. The van der Waals surface area contributed by atoms with E-state index in [0.29, 0.717) is 34.6 Å². The number of amides is 1. The quantitative estimate of drug-likeness (QED) is 0.715. The summed E-state index contributed by atoms with van der Waals surface area (Å²) >= 11 is 6.43. The largest absolute Gasteiger partial charge is 0.493 e. The van der Waals surface area contributed by atoms with Crippen molar-refractivity contribution < 1.29 is 19.0 Å². The molecule has 3 rings (SSSR count). The van der Waals surface area contributed by atoms with E-state index >= 15 is 0 Å². The van der Waals surface area contributed by atoms with Crippen LogP contribution in [-0.2, 0) is 4.74 Å². The Hall–Kier alpha value is -1.46. The van der Waals surface area contributed by atoms with Crippen LogP contribution >= 0.6 is 11.6 Å². The third-order valence-electron chi connectivity index (χ3n) is 5.70. The zero-order chi connectivity index (χ0) is 19.4. The highest BCUT2D eigenvalue weighted by molar-refractivity contribution is 6.32. The molecular weight excluding hydrogens is 366 g/mol. The normalized spacial score (nSPS) is 18.9. The molecule has 27 heavy (non-hydrogen) atoms. The third-order valence-corrected chi connectivity index (χ3v) is 5.98. The Labute approximate surface area is 166 Å². The molecule has 1 amide bonds. The maximum Gasteiger partial charge on any atom is 0.254 e. The number of hydrogen-bond acceptors (Lipinski definition) is 4. The zero-order valence-corrected chi connectivity index (χ0v) is 17.3. The van der Waals surface area contributed by atoms with Gasteiger partial charge in [0.15, 0.2) is 11.5 Å². The van der Waals surface area contributed by atoms with Gasteiger partial charge in [-0.15, -0.1) is 0 Å².